The van der Waals surface area contributed by atoms with Gasteiger partial charge in [-0.2, -0.15) is 0 Å². The molecule has 1 aromatic rings. The van der Waals surface area contributed by atoms with Gasteiger partial charge < -0.3 is 20.1 Å². The predicted molar refractivity (Wildman–Crippen MR) is 93.0 cm³/mol. The van der Waals surface area contributed by atoms with Crippen molar-refractivity contribution in [2.45, 2.75) is 39.0 Å². The summed E-state index contributed by atoms with van der Waals surface area (Å²) in [6, 6.07) is 5.48. The van der Waals surface area contributed by atoms with Crippen LogP contribution in [0.5, 0.6) is 5.75 Å². The van der Waals surface area contributed by atoms with E-state index in [2.05, 4.69) is 10.6 Å². The number of halogens is 1. The first-order valence-electron chi connectivity index (χ1n) is 8.67. The van der Waals surface area contributed by atoms with Crippen LogP contribution in [-0.2, 0) is 9.53 Å². The van der Waals surface area contributed by atoms with Gasteiger partial charge in [-0.3, -0.25) is 4.79 Å². The summed E-state index contributed by atoms with van der Waals surface area (Å²) in [4.78, 5) is 22.7. The van der Waals surface area contributed by atoms with Crippen molar-refractivity contribution < 1.29 is 23.5 Å². The molecule has 0 fully saturated rings. The molecule has 0 saturated heterocycles. The van der Waals surface area contributed by atoms with Gasteiger partial charge in [0.15, 0.2) is 0 Å². The van der Waals surface area contributed by atoms with Gasteiger partial charge in [-0.05, 0) is 44.0 Å². The Labute approximate surface area is 148 Å². The molecule has 1 rings (SSSR count). The van der Waals surface area contributed by atoms with Gasteiger partial charge in [-0.1, -0.05) is 12.8 Å². The summed E-state index contributed by atoms with van der Waals surface area (Å²) in [6.07, 6.45) is 4.02. The van der Waals surface area contributed by atoms with Crippen molar-refractivity contribution in [3.63, 3.8) is 0 Å². The predicted octanol–water partition coefficient (Wildman–Crippen LogP) is 3.02. The molecule has 0 spiro atoms. The SMILES string of the molecule is CCOC(=O)CCCCCCNC(=O)NCCOc1ccc(F)cc1. The van der Waals surface area contributed by atoms with E-state index in [1.165, 1.54) is 24.3 Å². The van der Waals surface area contributed by atoms with Crippen LogP contribution in [0.2, 0.25) is 0 Å². The summed E-state index contributed by atoms with van der Waals surface area (Å²) in [6.45, 7) is 3.48. The molecule has 2 amide bonds. The van der Waals surface area contributed by atoms with Crippen LogP contribution in [-0.4, -0.2) is 38.3 Å². The second-order valence-corrected chi connectivity index (χ2v) is 5.45. The zero-order valence-corrected chi connectivity index (χ0v) is 14.7. The Bertz CT molecular complexity index is 508. The molecule has 140 valence electrons. The largest absolute Gasteiger partial charge is 0.492 e. The fourth-order valence-corrected chi connectivity index (χ4v) is 2.11. The first kappa shape index (κ1) is 20.7. The summed E-state index contributed by atoms with van der Waals surface area (Å²) >= 11 is 0. The third kappa shape index (κ3) is 11.0. The van der Waals surface area contributed by atoms with Crippen LogP contribution < -0.4 is 15.4 Å². The monoisotopic (exact) mass is 354 g/mol. The number of carbonyl (C=O) groups excluding carboxylic acids is 2. The molecule has 0 atom stereocenters. The number of nitrogens with one attached hydrogen (secondary N) is 2. The lowest BCUT2D eigenvalue weighted by Gasteiger charge is -2.09. The second-order valence-electron chi connectivity index (χ2n) is 5.45. The third-order valence-electron chi connectivity index (χ3n) is 3.37. The van der Waals surface area contributed by atoms with Crippen molar-refractivity contribution >= 4 is 12.0 Å². The molecule has 0 bridgehead atoms. The Morgan fingerprint density at radius 1 is 1.00 bits per heavy atom. The first-order valence-corrected chi connectivity index (χ1v) is 8.67. The minimum Gasteiger partial charge on any atom is -0.492 e. The number of unbranched alkanes of at least 4 members (excludes halogenated alkanes) is 3. The van der Waals surface area contributed by atoms with Gasteiger partial charge in [0.25, 0.3) is 0 Å². The van der Waals surface area contributed by atoms with Crippen LogP contribution >= 0.6 is 0 Å². The van der Waals surface area contributed by atoms with Crippen molar-refractivity contribution in [1.29, 1.82) is 0 Å². The number of urea groups is 1. The van der Waals surface area contributed by atoms with Crippen LogP contribution in [0.15, 0.2) is 24.3 Å². The standard InChI is InChI=1S/C18H27FN2O4/c1-2-24-17(22)7-5-3-4-6-12-20-18(23)21-13-14-25-16-10-8-15(19)9-11-16/h8-11H,2-7,12-14H2,1H3,(H2,20,21,23). The Balaban J connectivity index is 1.92. The number of amides is 2. The lowest BCUT2D eigenvalue weighted by Crippen LogP contribution is -2.38. The molecule has 6 nitrogen and oxygen atoms in total. The highest BCUT2D eigenvalue weighted by atomic mass is 19.1. The highest BCUT2D eigenvalue weighted by molar-refractivity contribution is 5.73. The molecule has 7 heteroatoms. The summed E-state index contributed by atoms with van der Waals surface area (Å²) in [7, 11) is 0. The number of rotatable bonds is 12. The normalized spacial score (nSPS) is 10.2. The molecule has 0 aliphatic carbocycles. The number of hydrogen-bond acceptors (Lipinski definition) is 4. The minimum absolute atomic E-state index is 0.150. The molecule has 0 aliphatic rings. The number of benzene rings is 1. The van der Waals surface area contributed by atoms with Crippen LogP contribution in [0.1, 0.15) is 39.0 Å². The van der Waals surface area contributed by atoms with E-state index in [9.17, 15) is 14.0 Å². The molecule has 1 aromatic carbocycles. The smallest absolute Gasteiger partial charge is 0.314 e. The minimum atomic E-state index is -0.314. The highest BCUT2D eigenvalue weighted by Gasteiger charge is 2.02. The molecular formula is C18H27FN2O4. The van der Waals surface area contributed by atoms with Crippen LogP contribution in [0.25, 0.3) is 0 Å². The molecule has 0 radical (unpaired) electrons. The Kier molecular flexibility index (Phi) is 10.8. The average Bonchev–Trinajstić information content (AvgIpc) is 2.59. The van der Waals surface area contributed by atoms with E-state index in [1.807, 2.05) is 0 Å². The van der Waals surface area contributed by atoms with Crippen molar-refractivity contribution in [3.8, 4) is 5.75 Å². The summed E-state index contributed by atoms with van der Waals surface area (Å²) in [5, 5.41) is 5.45. The lowest BCUT2D eigenvalue weighted by molar-refractivity contribution is -0.143. The third-order valence-corrected chi connectivity index (χ3v) is 3.37. The summed E-state index contributed by atoms with van der Waals surface area (Å²) in [5.41, 5.74) is 0. The summed E-state index contributed by atoms with van der Waals surface area (Å²) < 4.78 is 22.9. The van der Waals surface area contributed by atoms with Crippen LogP contribution in [0, 0.1) is 5.82 Å². The first-order chi connectivity index (χ1) is 12.1. The fraction of sp³-hybridized carbons (Fsp3) is 0.556. The van der Waals surface area contributed by atoms with Gasteiger partial charge in [-0.15, -0.1) is 0 Å². The Morgan fingerprint density at radius 3 is 2.40 bits per heavy atom. The van der Waals surface area contributed by atoms with Gasteiger partial charge in [-0.25, -0.2) is 9.18 Å². The average molecular weight is 354 g/mol. The van der Waals surface area contributed by atoms with Gasteiger partial charge in [0, 0.05) is 13.0 Å². The molecule has 0 saturated carbocycles. The maximum absolute atomic E-state index is 12.7. The highest BCUT2D eigenvalue weighted by Crippen LogP contribution is 2.10. The van der Waals surface area contributed by atoms with E-state index in [0.29, 0.717) is 38.5 Å². The molecule has 0 unspecified atom stereocenters. The summed E-state index contributed by atoms with van der Waals surface area (Å²) in [5.74, 6) is 0.0973. The van der Waals surface area contributed by atoms with Gasteiger partial charge in [0.05, 0.1) is 13.2 Å². The molecule has 25 heavy (non-hydrogen) atoms. The van der Waals surface area contributed by atoms with E-state index in [0.717, 1.165) is 25.7 Å². The van der Waals surface area contributed by atoms with Crippen molar-refractivity contribution in [2.75, 3.05) is 26.3 Å². The maximum Gasteiger partial charge on any atom is 0.314 e. The van der Waals surface area contributed by atoms with Crippen LogP contribution in [0.4, 0.5) is 9.18 Å². The second kappa shape index (κ2) is 13.0. The number of hydrogen-bond donors (Lipinski definition) is 2. The Morgan fingerprint density at radius 2 is 1.68 bits per heavy atom. The zero-order chi connectivity index (χ0) is 18.3. The van der Waals surface area contributed by atoms with E-state index in [1.54, 1.807) is 6.92 Å². The van der Waals surface area contributed by atoms with E-state index in [-0.39, 0.29) is 17.8 Å². The van der Waals surface area contributed by atoms with E-state index < -0.39 is 0 Å². The number of esters is 1. The molecule has 2 N–H and O–H groups in total. The maximum atomic E-state index is 12.7. The van der Waals surface area contributed by atoms with Crippen LogP contribution in [0.3, 0.4) is 0 Å². The van der Waals surface area contributed by atoms with E-state index >= 15 is 0 Å². The number of carbonyl (C=O) groups is 2. The van der Waals surface area contributed by atoms with E-state index in [4.69, 9.17) is 9.47 Å². The van der Waals surface area contributed by atoms with Crippen molar-refractivity contribution in [3.05, 3.63) is 30.1 Å². The quantitative estimate of drug-likeness (QED) is 0.447. The molecule has 0 aliphatic heterocycles. The van der Waals surface area contributed by atoms with Crippen molar-refractivity contribution in [1.82, 2.24) is 10.6 Å². The van der Waals surface area contributed by atoms with Gasteiger partial charge in [0.2, 0.25) is 0 Å². The number of ether oxygens (including phenoxy) is 2. The fourth-order valence-electron chi connectivity index (χ4n) is 2.11. The molecule has 0 aromatic heterocycles. The molecule has 0 heterocycles. The van der Waals surface area contributed by atoms with Crippen molar-refractivity contribution in [2.24, 2.45) is 0 Å². The zero-order valence-electron chi connectivity index (χ0n) is 14.7. The topological polar surface area (TPSA) is 76.7 Å². The Hall–Kier alpha value is -2.31. The molecular weight excluding hydrogens is 327 g/mol. The van der Waals surface area contributed by atoms with Gasteiger partial charge >= 0.3 is 12.0 Å². The van der Waals surface area contributed by atoms with Gasteiger partial charge in [0.1, 0.15) is 18.2 Å². The lowest BCUT2D eigenvalue weighted by atomic mass is 10.1.